The van der Waals surface area contributed by atoms with Crippen LogP contribution in [0, 0.1) is 5.92 Å². The third-order valence-electron chi connectivity index (χ3n) is 4.64. The number of benzene rings is 2. The molecule has 0 saturated heterocycles. The Labute approximate surface area is 178 Å². The smallest absolute Gasteiger partial charge is 0.320 e. The van der Waals surface area contributed by atoms with Crippen LogP contribution in [-0.4, -0.2) is 36.0 Å². The number of ketones is 1. The quantitative estimate of drug-likeness (QED) is 0.479. The number of nitrogens with two attached hydrogens (primary N) is 1. The van der Waals surface area contributed by atoms with Gasteiger partial charge in [0, 0.05) is 29.7 Å². The van der Waals surface area contributed by atoms with Gasteiger partial charge in [-0.05, 0) is 18.1 Å². The molecule has 0 saturated carbocycles. The van der Waals surface area contributed by atoms with Crippen LogP contribution >= 0.6 is 11.8 Å². The van der Waals surface area contributed by atoms with Crippen molar-refractivity contribution in [2.24, 2.45) is 11.7 Å². The maximum Gasteiger partial charge on any atom is 0.320 e. The van der Waals surface area contributed by atoms with Gasteiger partial charge in [0.25, 0.3) is 0 Å². The van der Waals surface area contributed by atoms with Crippen molar-refractivity contribution in [2.45, 2.75) is 20.0 Å². The largest absolute Gasteiger partial charge is 0.460 e. The molecule has 0 fully saturated rings. The van der Waals surface area contributed by atoms with Crippen molar-refractivity contribution in [3.63, 3.8) is 0 Å². The summed E-state index contributed by atoms with van der Waals surface area (Å²) in [5, 5.41) is -0.0594. The summed E-state index contributed by atoms with van der Waals surface area (Å²) in [5.74, 6) is 0.467. The molecular weight excluding hydrogens is 406 g/mol. The third-order valence-corrected chi connectivity index (χ3v) is 5.62. The molecule has 30 heavy (non-hydrogen) atoms. The monoisotopic (exact) mass is 429 g/mol. The number of carbonyl (C=O) groups excluding carboxylic acids is 3. The predicted molar refractivity (Wildman–Crippen MR) is 113 cm³/mol. The number of fused-ring (bicyclic) bond motifs is 1. The summed E-state index contributed by atoms with van der Waals surface area (Å²) >= 11 is 1.11. The molecule has 1 atom stereocenters. The molecule has 7 nitrogen and oxygen atoms in total. The van der Waals surface area contributed by atoms with Crippen molar-refractivity contribution in [2.75, 3.05) is 19.1 Å². The molecule has 2 aromatic carbocycles. The van der Waals surface area contributed by atoms with Crippen LogP contribution in [0.5, 0.6) is 11.5 Å². The number of carbonyl (C=O) groups is 3. The Hall–Kier alpha value is -2.84. The minimum atomic E-state index is -0.544. The lowest BCUT2D eigenvalue weighted by Crippen LogP contribution is -2.23. The minimum absolute atomic E-state index is 0.0395. The highest BCUT2D eigenvalue weighted by Gasteiger charge is 2.27. The lowest BCUT2D eigenvalue weighted by atomic mass is 9.90. The van der Waals surface area contributed by atoms with Gasteiger partial charge in [-0.25, -0.2) is 0 Å². The van der Waals surface area contributed by atoms with Crippen LogP contribution in [0.1, 0.15) is 28.4 Å². The van der Waals surface area contributed by atoms with Crippen molar-refractivity contribution in [3.05, 3.63) is 59.2 Å². The average Bonchev–Trinajstić information content (AvgIpc) is 3.24. The number of rotatable bonds is 9. The molecule has 0 radical (unpaired) electrons. The van der Waals surface area contributed by atoms with Gasteiger partial charge >= 0.3 is 5.97 Å². The number of para-hydroxylation sites is 1. The average molecular weight is 429 g/mol. The molecule has 1 heterocycles. The SMILES string of the molecule is CC(=O)SCC(Cc1cccc2c1OCO2)C(=O)c1ccccc1COC(=O)CN. The Morgan fingerprint density at radius 2 is 1.87 bits per heavy atom. The van der Waals surface area contributed by atoms with Crippen LogP contribution < -0.4 is 15.2 Å². The van der Waals surface area contributed by atoms with Gasteiger partial charge in [0.05, 0.1) is 6.54 Å². The number of thioether (sulfide) groups is 1. The Morgan fingerprint density at radius 3 is 2.63 bits per heavy atom. The van der Waals surface area contributed by atoms with E-state index in [1.807, 2.05) is 18.2 Å². The molecule has 3 rings (SSSR count). The second-order valence-electron chi connectivity index (χ2n) is 6.74. The number of Topliss-reactive ketones (excluding diaryl/α,β-unsaturated/α-hetero) is 1. The Morgan fingerprint density at radius 1 is 1.10 bits per heavy atom. The van der Waals surface area contributed by atoms with Crippen LogP contribution in [0.4, 0.5) is 0 Å². The summed E-state index contributed by atoms with van der Waals surface area (Å²) in [6.07, 6.45) is 0.391. The standard InChI is InChI=1S/C22H23NO6S/c1-14(24)30-12-17(9-15-6-4-8-19-22(15)29-13-28-19)21(26)18-7-3-2-5-16(18)11-27-20(25)10-23/h2-8,17H,9-13,23H2,1H3. The van der Waals surface area contributed by atoms with E-state index in [1.54, 1.807) is 24.3 Å². The molecule has 1 aliphatic heterocycles. The normalized spacial score (nSPS) is 13.0. The van der Waals surface area contributed by atoms with E-state index in [1.165, 1.54) is 6.92 Å². The Bertz CT molecular complexity index is 945. The van der Waals surface area contributed by atoms with E-state index in [4.69, 9.17) is 19.9 Å². The third kappa shape index (κ3) is 5.40. The number of hydrogen-bond acceptors (Lipinski definition) is 8. The second kappa shape index (κ2) is 10.3. The molecular formula is C22H23NO6S. The van der Waals surface area contributed by atoms with Gasteiger partial charge in [-0.2, -0.15) is 0 Å². The first-order chi connectivity index (χ1) is 14.5. The van der Waals surface area contributed by atoms with Crippen molar-refractivity contribution < 1.29 is 28.6 Å². The minimum Gasteiger partial charge on any atom is -0.460 e. The van der Waals surface area contributed by atoms with Crippen LogP contribution in [0.25, 0.3) is 0 Å². The van der Waals surface area contributed by atoms with Crippen LogP contribution in [0.3, 0.4) is 0 Å². The fourth-order valence-electron chi connectivity index (χ4n) is 3.19. The maximum absolute atomic E-state index is 13.4. The molecule has 158 valence electrons. The van der Waals surface area contributed by atoms with E-state index in [2.05, 4.69) is 0 Å². The van der Waals surface area contributed by atoms with Crippen molar-refractivity contribution in [1.82, 2.24) is 0 Å². The molecule has 8 heteroatoms. The fraction of sp³-hybridized carbons (Fsp3) is 0.318. The van der Waals surface area contributed by atoms with Gasteiger partial charge in [-0.3, -0.25) is 14.4 Å². The Balaban J connectivity index is 1.85. The topological polar surface area (TPSA) is 105 Å². The molecule has 0 spiro atoms. The summed E-state index contributed by atoms with van der Waals surface area (Å²) in [7, 11) is 0. The first-order valence-corrected chi connectivity index (χ1v) is 10.5. The van der Waals surface area contributed by atoms with Gasteiger partial charge in [-0.1, -0.05) is 48.2 Å². The summed E-state index contributed by atoms with van der Waals surface area (Å²) in [4.78, 5) is 36.4. The van der Waals surface area contributed by atoms with Gasteiger partial charge in [-0.15, -0.1) is 0 Å². The maximum atomic E-state index is 13.4. The van der Waals surface area contributed by atoms with E-state index in [9.17, 15) is 14.4 Å². The van der Waals surface area contributed by atoms with Gasteiger partial charge < -0.3 is 19.9 Å². The Kier molecular flexibility index (Phi) is 7.48. The highest BCUT2D eigenvalue weighted by Crippen LogP contribution is 2.37. The lowest BCUT2D eigenvalue weighted by Gasteiger charge is -2.18. The number of esters is 1. The summed E-state index contributed by atoms with van der Waals surface area (Å²) in [5.41, 5.74) is 7.19. The molecule has 0 bridgehead atoms. The molecule has 1 aliphatic rings. The first-order valence-electron chi connectivity index (χ1n) is 9.48. The zero-order valence-corrected chi connectivity index (χ0v) is 17.4. The van der Waals surface area contributed by atoms with Gasteiger partial charge in [0.2, 0.25) is 6.79 Å². The molecule has 2 aromatic rings. The van der Waals surface area contributed by atoms with Crippen LogP contribution in [-0.2, 0) is 27.4 Å². The van der Waals surface area contributed by atoms with E-state index >= 15 is 0 Å². The van der Waals surface area contributed by atoms with Crippen molar-refractivity contribution in [1.29, 1.82) is 0 Å². The molecule has 0 aromatic heterocycles. The van der Waals surface area contributed by atoms with Crippen LogP contribution in [0.2, 0.25) is 0 Å². The van der Waals surface area contributed by atoms with Crippen molar-refractivity contribution in [3.8, 4) is 11.5 Å². The van der Waals surface area contributed by atoms with E-state index in [0.717, 1.165) is 17.3 Å². The van der Waals surface area contributed by atoms with Crippen LogP contribution in [0.15, 0.2) is 42.5 Å². The zero-order valence-electron chi connectivity index (χ0n) is 16.6. The number of hydrogen-bond donors (Lipinski definition) is 1. The molecule has 0 amide bonds. The lowest BCUT2D eigenvalue weighted by molar-refractivity contribution is -0.143. The second-order valence-corrected chi connectivity index (χ2v) is 7.94. The fourth-order valence-corrected chi connectivity index (χ4v) is 3.89. The van der Waals surface area contributed by atoms with Crippen molar-refractivity contribution >= 4 is 28.6 Å². The van der Waals surface area contributed by atoms with Gasteiger partial charge in [0.1, 0.15) is 6.61 Å². The van der Waals surface area contributed by atoms with E-state index < -0.39 is 11.9 Å². The predicted octanol–water partition coefficient (Wildman–Crippen LogP) is 2.74. The molecule has 0 aliphatic carbocycles. The molecule has 2 N–H and O–H groups in total. The summed E-state index contributed by atoms with van der Waals surface area (Å²) < 4.78 is 16.1. The summed E-state index contributed by atoms with van der Waals surface area (Å²) in [6.45, 7) is 1.35. The summed E-state index contributed by atoms with van der Waals surface area (Å²) in [6, 6.07) is 12.5. The molecule has 1 unspecified atom stereocenters. The highest BCUT2D eigenvalue weighted by atomic mass is 32.2. The van der Waals surface area contributed by atoms with Gasteiger partial charge in [0.15, 0.2) is 22.4 Å². The zero-order chi connectivity index (χ0) is 21.5. The highest BCUT2D eigenvalue weighted by molar-refractivity contribution is 8.13. The van der Waals surface area contributed by atoms with E-state index in [-0.39, 0.29) is 30.8 Å². The first kappa shape index (κ1) is 21.9. The van der Waals surface area contributed by atoms with E-state index in [0.29, 0.717) is 34.8 Å². The number of ether oxygens (including phenoxy) is 3.